The summed E-state index contributed by atoms with van der Waals surface area (Å²) in [6.07, 6.45) is -11.0. The molecule has 282 valence electrons. The number of ether oxygens (including phenoxy) is 3. The van der Waals surface area contributed by atoms with Crippen LogP contribution in [-0.4, -0.2) is 83.7 Å². The van der Waals surface area contributed by atoms with Gasteiger partial charge in [0, 0.05) is 25.6 Å². The van der Waals surface area contributed by atoms with E-state index in [0.29, 0.717) is 30.9 Å². The quantitative estimate of drug-likeness (QED) is 0.263. The number of nitrogens with two attached hydrogens (primary N) is 1. The lowest BCUT2D eigenvalue weighted by Gasteiger charge is -2.46. The van der Waals surface area contributed by atoms with Gasteiger partial charge in [0.05, 0.1) is 66.3 Å². The molecule has 0 spiro atoms. The van der Waals surface area contributed by atoms with Crippen LogP contribution in [0, 0.1) is 0 Å². The number of carboxylic acids is 1. The summed E-state index contributed by atoms with van der Waals surface area (Å²) in [4.78, 5) is 40.5. The summed E-state index contributed by atoms with van der Waals surface area (Å²) in [5, 5.41) is 8.78. The molecule has 0 aliphatic carbocycles. The molecule has 20 heteroatoms. The predicted molar refractivity (Wildman–Crippen MR) is 165 cm³/mol. The number of carboxylic acid groups (broad SMARTS) is 1. The van der Waals surface area contributed by atoms with E-state index in [0.717, 1.165) is 4.90 Å². The van der Waals surface area contributed by atoms with Crippen LogP contribution >= 0.6 is 0 Å². The minimum absolute atomic E-state index is 0.0225. The summed E-state index contributed by atoms with van der Waals surface area (Å²) < 4.78 is 126. The number of benzene rings is 1. The standard InChI is InChI=1S/C32H32F8N6O6/c1-3-29(41)14-20(25-22(4-5-24(44-25)50-2)46(29)28(49)52-16-30(33,34)27(47)48)26-42-15-23(45-6-8-51-9-7-45)21(43-26)12-17-10-18(31(35,36)37)13-19(11-17)32(38,39)40/h4-5,10-11,13,15,20H,3,6-9,12,14,16,41H2,1-2H3,(H,47,48)/t20-,29+/m0/s1. The highest BCUT2D eigenvalue weighted by molar-refractivity contribution is 5.91. The van der Waals surface area contributed by atoms with Gasteiger partial charge in [-0.2, -0.15) is 35.1 Å². The molecule has 0 unspecified atom stereocenters. The van der Waals surface area contributed by atoms with Gasteiger partial charge in [-0.05, 0) is 42.7 Å². The molecule has 1 amide bonds. The third-order valence-electron chi connectivity index (χ3n) is 8.69. The largest absolute Gasteiger partial charge is 0.481 e. The third kappa shape index (κ3) is 7.96. The van der Waals surface area contributed by atoms with E-state index < -0.39 is 66.1 Å². The Morgan fingerprint density at radius 3 is 2.19 bits per heavy atom. The molecule has 3 N–H and O–H groups in total. The number of fused-ring (bicyclic) bond motifs is 1. The van der Waals surface area contributed by atoms with Gasteiger partial charge in [-0.25, -0.2) is 24.5 Å². The number of alkyl halides is 8. The van der Waals surface area contributed by atoms with Gasteiger partial charge in [0.1, 0.15) is 11.5 Å². The first-order chi connectivity index (χ1) is 24.3. The van der Waals surface area contributed by atoms with E-state index in [1.165, 1.54) is 25.4 Å². The monoisotopic (exact) mass is 748 g/mol. The molecule has 3 aromatic rings. The van der Waals surface area contributed by atoms with Gasteiger partial charge in [-0.3, -0.25) is 4.90 Å². The molecule has 1 saturated heterocycles. The molecule has 12 nitrogen and oxygen atoms in total. The number of rotatable bonds is 9. The molecule has 5 rings (SSSR count). The van der Waals surface area contributed by atoms with Crippen molar-refractivity contribution in [1.29, 1.82) is 0 Å². The number of carbonyl (C=O) groups is 2. The second-order valence-electron chi connectivity index (χ2n) is 12.1. The molecule has 0 saturated carbocycles. The number of aliphatic carboxylic acids is 1. The highest BCUT2D eigenvalue weighted by atomic mass is 19.4. The van der Waals surface area contributed by atoms with Crippen molar-refractivity contribution < 1.29 is 64.0 Å². The van der Waals surface area contributed by atoms with Gasteiger partial charge in [0.15, 0.2) is 6.61 Å². The molecule has 4 heterocycles. The van der Waals surface area contributed by atoms with E-state index in [2.05, 4.69) is 15.0 Å². The first kappa shape index (κ1) is 38.4. The van der Waals surface area contributed by atoms with Gasteiger partial charge in [0.25, 0.3) is 0 Å². The molecular weight excluding hydrogens is 716 g/mol. The lowest BCUT2D eigenvalue weighted by molar-refractivity contribution is -0.170. The summed E-state index contributed by atoms with van der Waals surface area (Å²) >= 11 is 0. The van der Waals surface area contributed by atoms with Crippen molar-refractivity contribution in [3.8, 4) is 5.88 Å². The number of carbonyl (C=O) groups excluding carboxylic acids is 1. The molecule has 2 aliphatic rings. The highest BCUT2D eigenvalue weighted by Crippen LogP contribution is 2.46. The third-order valence-corrected chi connectivity index (χ3v) is 8.69. The molecule has 52 heavy (non-hydrogen) atoms. The average molecular weight is 749 g/mol. The summed E-state index contributed by atoms with van der Waals surface area (Å²) in [5.74, 6) is -7.92. The molecule has 1 fully saturated rings. The molecule has 1 aromatic carbocycles. The Morgan fingerprint density at radius 1 is 1.00 bits per heavy atom. The molecule has 0 radical (unpaired) electrons. The summed E-state index contributed by atoms with van der Waals surface area (Å²) in [6.45, 7) is 0.956. The van der Waals surface area contributed by atoms with Gasteiger partial charge in [-0.15, -0.1) is 0 Å². The number of hydrogen-bond acceptors (Lipinski definition) is 10. The van der Waals surface area contributed by atoms with Crippen LogP contribution in [0.15, 0.2) is 36.5 Å². The number of methoxy groups -OCH3 is 1. The molecule has 2 atom stereocenters. The summed E-state index contributed by atoms with van der Waals surface area (Å²) in [6, 6.07) is 3.93. The normalized spacial score (nSPS) is 19.6. The molecular formula is C32H32F8N6O6. The number of anilines is 2. The van der Waals surface area contributed by atoms with E-state index in [9.17, 15) is 44.7 Å². The number of pyridine rings is 1. The topological polar surface area (TPSA) is 153 Å². The first-order valence-electron chi connectivity index (χ1n) is 15.7. The second kappa shape index (κ2) is 14.3. The van der Waals surface area contributed by atoms with E-state index in [1.54, 1.807) is 11.8 Å². The van der Waals surface area contributed by atoms with Crippen LogP contribution in [0.5, 0.6) is 5.88 Å². The van der Waals surface area contributed by atoms with Crippen molar-refractivity contribution in [2.45, 2.75) is 56.0 Å². The van der Waals surface area contributed by atoms with Gasteiger partial charge in [-0.1, -0.05) is 6.92 Å². The van der Waals surface area contributed by atoms with E-state index in [-0.39, 0.29) is 66.5 Å². The van der Waals surface area contributed by atoms with Crippen molar-refractivity contribution in [3.05, 3.63) is 70.4 Å². The maximum atomic E-state index is 13.9. The Bertz CT molecular complexity index is 1790. The van der Waals surface area contributed by atoms with Crippen molar-refractivity contribution >= 4 is 23.4 Å². The fourth-order valence-corrected chi connectivity index (χ4v) is 5.97. The summed E-state index contributed by atoms with van der Waals surface area (Å²) in [7, 11) is 1.29. The number of nitrogens with zero attached hydrogens (tertiary/aromatic N) is 5. The minimum atomic E-state index is -5.09. The lowest BCUT2D eigenvalue weighted by atomic mass is 9.83. The Labute approximate surface area is 290 Å². The van der Waals surface area contributed by atoms with Crippen LogP contribution in [-0.2, 0) is 33.0 Å². The maximum absolute atomic E-state index is 13.9. The SMILES string of the molecule is CC[C@]1(N)C[C@H](c2ncc(N3CCOCC3)c(Cc3cc(C(F)(F)F)cc(C(F)(F)F)c3)n2)c2nc(OC)ccc2N1C(=O)OCC(F)(F)C(=O)O. The predicted octanol–water partition coefficient (Wildman–Crippen LogP) is 5.61. The van der Waals surface area contributed by atoms with Crippen LogP contribution in [0.3, 0.4) is 0 Å². The number of aromatic nitrogens is 3. The number of amides is 1. The van der Waals surface area contributed by atoms with Crippen LogP contribution in [0.2, 0.25) is 0 Å². The lowest BCUT2D eigenvalue weighted by Crippen LogP contribution is -2.62. The van der Waals surface area contributed by atoms with Crippen molar-refractivity contribution in [3.63, 3.8) is 0 Å². The van der Waals surface area contributed by atoms with Crippen molar-refractivity contribution in [1.82, 2.24) is 15.0 Å². The Kier molecular flexibility index (Phi) is 10.5. The van der Waals surface area contributed by atoms with Crippen LogP contribution < -0.4 is 20.3 Å². The van der Waals surface area contributed by atoms with Crippen molar-refractivity contribution in [2.24, 2.45) is 5.73 Å². The second-order valence-corrected chi connectivity index (χ2v) is 12.1. The van der Waals surface area contributed by atoms with Gasteiger partial charge in [0.2, 0.25) is 5.88 Å². The highest BCUT2D eigenvalue weighted by Gasteiger charge is 2.49. The van der Waals surface area contributed by atoms with Crippen LogP contribution in [0.25, 0.3) is 0 Å². The number of halogens is 8. The van der Waals surface area contributed by atoms with E-state index >= 15 is 0 Å². The minimum Gasteiger partial charge on any atom is -0.481 e. The average Bonchev–Trinajstić information content (AvgIpc) is 3.09. The van der Waals surface area contributed by atoms with E-state index in [1.807, 2.05) is 0 Å². The molecule has 2 aliphatic heterocycles. The molecule has 2 aromatic heterocycles. The zero-order chi connectivity index (χ0) is 38.2. The fourth-order valence-electron chi connectivity index (χ4n) is 5.97. The smallest absolute Gasteiger partial charge is 0.416 e. The Balaban J connectivity index is 1.63. The number of hydrogen-bond donors (Lipinski definition) is 2. The maximum Gasteiger partial charge on any atom is 0.416 e. The van der Waals surface area contributed by atoms with Crippen LogP contribution in [0.1, 0.15) is 59.6 Å². The van der Waals surface area contributed by atoms with Crippen molar-refractivity contribution in [2.75, 3.05) is 49.8 Å². The van der Waals surface area contributed by atoms with Gasteiger partial charge >= 0.3 is 30.3 Å². The number of morpholine rings is 1. The Hall–Kier alpha value is -4.85. The zero-order valence-electron chi connectivity index (χ0n) is 27.5. The van der Waals surface area contributed by atoms with Crippen LogP contribution in [0.4, 0.5) is 51.3 Å². The molecule has 0 bridgehead atoms. The zero-order valence-corrected chi connectivity index (χ0v) is 27.5. The summed E-state index contributed by atoms with van der Waals surface area (Å²) in [5.41, 5.74) is 2.05. The fraction of sp³-hybridized carbons (Fsp3) is 0.469. The van der Waals surface area contributed by atoms with E-state index in [4.69, 9.17) is 25.1 Å². The first-order valence-corrected chi connectivity index (χ1v) is 15.7. The van der Waals surface area contributed by atoms with Gasteiger partial charge < -0.3 is 30.0 Å². The Morgan fingerprint density at radius 2 is 1.63 bits per heavy atom.